The monoisotopic (exact) mass is 419 g/mol. The predicted octanol–water partition coefficient (Wildman–Crippen LogP) is 6.32. The van der Waals surface area contributed by atoms with Gasteiger partial charge in [0, 0.05) is 0 Å². The van der Waals surface area contributed by atoms with E-state index in [0.717, 1.165) is 22.9 Å². The highest BCUT2D eigenvalue weighted by molar-refractivity contribution is 5.56. The molecule has 0 spiro atoms. The summed E-state index contributed by atoms with van der Waals surface area (Å²) in [6.07, 6.45) is 0.00922. The standard InChI is InChI=1S/C27H33NO3/c1-21(31-24-16-14-22(15-17-24)27(2,3)4)20-28-25-12-8-9-13-26(25)30-19-18-29-23-10-6-5-7-11-23/h5-17,21,28H,18-20H2,1-4H3. The fourth-order valence-electron chi connectivity index (χ4n) is 3.13. The molecule has 0 saturated heterocycles. The average Bonchev–Trinajstić information content (AvgIpc) is 2.76. The topological polar surface area (TPSA) is 39.7 Å². The lowest BCUT2D eigenvalue weighted by Gasteiger charge is -2.21. The summed E-state index contributed by atoms with van der Waals surface area (Å²) < 4.78 is 17.7. The molecule has 0 aromatic heterocycles. The maximum atomic E-state index is 6.07. The van der Waals surface area contributed by atoms with Crippen molar-refractivity contribution in [3.05, 3.63) is 84.4 Å². The second kappa shape index (κ2) is 10.8. The van der Waals surface area contributed by atoms with Crippen molar-refractivity contribution in [3.63, 3.8) is 0 Å². The Balaban J connectivity index is 1.46. The smallest absolute Gasteiger partial charge is 0.142 e. The molecule has 0 aliphatic carbocycles. The lowest BCUT2D eigenvalue weighted by Crippen LogP contribution is -2.23. The summed E-state index contributed by atoms with van der Waals surface area (Å²) >= 11 is 0. The van der Waals surface area contributed by atoms with Gasteiger partial charge in [-0.05, 0) is 54.3 Å². The third kappa shape index (κ3) is 7.25. The Morgan fingerprint density at radius 1 is 0.742 bits per heavy atom. The number of benzene rings is 3. The fraction of sp³-hybridized carbons (Fsp3) is 0.333. The quantitative estimate of drug-likeness (QED) is 0.390. The molecule has 0 fully saturated rings. The summed E-state index contributed by atoms with van der Waals surface area (Å²) in [5.74, 6) is 2.53. The van der Waals surface area contributed by atoms with Gasteiger partial charge in [-0.2, -0.15) is 0 Å². The molecule has 4 nitrogen and oxygen atoms in total. The van der Waals surface area contributed by atoms with Crippen LogP contribution in [0.4, 0.5) is 5.69 Å². The van der Waals surface area contributed by atoms with Crippen molar-refractivity contribution < 1.29 is 14.2 Å². The van der Waals surface area contributed by atoms with Gasteiger partial charge in [-0.1, -0.05) is 63.2 Å². The first-order valence-corrected chi connectivity index (χ1v) is 10.8. The van der Waals surface area contributed by atoms with Crippen molar-refractivity contribution >= 4 is 5.69 Å². The van der Waals surface area contributed by atoms with Gasteiger partial charge >= 0.3 is 0 Å². The van der Waals surface area contributed by atoms with Gasteiger partial charge in [0.1, 0.15) is 36.6 Å². The first-order valence-electron chi connectivity index (χ1n) is 10.8. The SMILES string of the molecule is CC(CNc1ccccc1OCCOc1ccccc1)Oc1ccc(C(C)(C)C)cc1. The molecule has 0 aliphatic heterocycles. The number of hydrogen-bond acceptors (Lipinski definition) is 4. The first kappa shape index (κ1) is 22.5. The van der Waals surface area contributed by atoms with E-state index in [9.17, 15) is 0 Å². The highest BCUT2D eigenvalue weighted by atomic mass is 16.5. The van der Waals surface area contributed by atoms with Gasteiger partial charge in [0.15, 0.2) is 0 Å². The lowest BCUT2D eigenvalue weighted by atomic mass is 9.87. The van der Waals surface area contributed by atoms with E-state index in [2.05, 4.69) is 45.1 Å². The number of anilines is 1. The lowest BCUT2D eigenvalue weighted by molar-refractivity contribution is 0.217. The summed E-state index contributed by atoms with van der Waals surface area (Å²) in [6.45, 7) is 10.3. The Bertz CT molecular complexity index is 917. The molecule has 3 aromatic carbocycles. The summed E-state index contributed by atoms with van der Waals surface area (Å²) in [7, 11) is 0. The van der Waals surface area contributed by atoms with Gasteiger partial charge in [0.2, 0.25) is 0 Å². The molecule has 0 aliphatic rings. The van der Waals surface area contributed by atoms with E-state index in [4.69, 9.17) is 14.2 Å². The van der Waals surface area contributed by atoms with Crippen LogP contribution in [-0.2, 0) is 5.41 Å². The molecule has 3 aromatic rings. The van der Waals surface area contributed by atoms with Crippen molar-refractivity contribution in [1.82, 2.24) is 0 Å². The molecule has 1 atom stereocenters. The van der Waals surface area contributed by atoms with Gasteiger partial charge < -0.3 is 19.5 Å². The van der Waals surface area contributed by atoms with E-state index in [0.29, 0.717) is 19.8 Å². The number of nitrogens with one attached hydrogen (secondary N) is 1. The summed E-state index contributed by atoms with van der Waals surface area (Å²) in [4.78, 5) is 0. The van der Waals surface area contributed by atoms with Crippen LogP contribution in [-0.4, -0.2) is 25.9 Å². The minimum atomic E-state index is 0.00922. The third-order valence-corrected chi connectivity index (χ3v) is 4.88. The highest BCUT2D eigenvalue weighted by Crippen LogP contribution is 2.26. The largest absolute Gasteiger partial charge is 0.490 e. The molecular weight excluding hydrogens is 386 g/mol. The molecule has 0 radical (unpaired) electrons. The zero-order valence-electron chi connectivity index (χ0n) is 18.9. The van der Waals surface area contributed by atoms with Gasteiger partial charge in [-0.3, -0.25) is 0 Å². The van der Waals surface area contributed by atoms with Crippen molar-refractivity contribution in [3.8, 4) is 17.2 Å². The van der Waals surface area contributed by atoms with E-state index in [-0.39, 0.29) is 11.5 Å². The van der Waals surface area contributed by atoms with Crippen LogP contribution < -0.4 is 19.5 Å². The van der Waals surface area contributed by atoms with E-state index in [1.165, 1.54) is 5.56 Å². The Hall–Kier alpha value is -3.14. The highest BCUT2D eigenvalue weighted by Gasteiger charge is 2.13. The van der Waals surface area contributed by atoms with Crippen LogP contribution in [0.3, 0.4) is 0 Å². The van der Waals surface area contributed by atoms with E-state index in [1.807, 2.05) is 66.7 Å². The molecule has 1 unspecified atom stereocenters. The second-order valence-electron chi connectivity index (χ2n) is 8.59. The van der Waals surface area contributed by atoms with Gasteiger partial charge in [-0.15, -0.1) is 0 Å². The van der Waals surface area contributed by atoms with E-state index in [1.54, 1.807) is 0 Å². The van der Waals surface area contributed by atoms with Crippen LogP contribution in [0.25, 0.3) is 0 Å². The van der Waals surface area contributed by atoms with Crippen molar-refractivity contribution in [2.45, 2.75) is 39.2 Å². The van der Waals surface area contributed by atoms with Gasteiger partial charge in [-0.25, -0.2) is 0 Å². The second-order valence-corrected chi connectivity index (χ2v) is 8.59. The van der Waals surface area contributed by atoms with Crippen LogP contribution in [0, 0.1) is 0 Å². The summed E-state index contributed by atoms with van der Waals surface area (Å²) in [5.41, 5.74) is 2.38. The fourth-order valence-corrected chi connectivity index (χ4v) is 3.13. The van der Waals surface area contributed by atoms with Gasteiger partial charge in [0.05, 0.1) is 12.2 Å². The van der Waals surface area contributed by atoms with Gasteiger partial charge in [0.25, 0.3) is 0 Å². The van der Waals surface area contributed by atoms with E-state index >= 15 is 0 Å². The van der Waals surface area contributed by atoms with Crippen LogP contribution >= 0.6 is 0 Å². The number of para-hydroxylation sites is 3. The minimum absolute atomic E-state index is 0.00922. The van der Waals surface area contributed by atoms with Crippen LogP contribution in [0.1, 0.15) is 33.3 Å². The zero-order valence-corrected chi connectivity index (χ0v) is 18.9. The minimum Gasteiger partial charge on any atom is -0.490 e. The molecule has 0 amide bonds. The molecule has 1 N–H and O–H groups in total. The van der Waals surface area contributed by atoms with Crippen LogP contribution in [0.5, 0.6) is 17.2 Å². The third-order valence-electron chi connectivity index (χ3n) is 4.88. The first-order chi connectivity index (χ1) is 14.9. The number of rotatable bonds is 10. The maximum Gasteiger partial charge on any atom is 0.142 e. The molecular formula is C27H33NO3. The molecule has 0 heterocycles. The Kier molecular flexibility index (Phi) is 7.82. The predicted molar refractivity (Wildman–Crippen MR) is 128 cm³/mol. The molecule has 31 heavy (non-hydrogen) atoms. The van der Waals surface area contributed by atoms with E-state index < -0.39 is 0 Å². The summed E-state index contributed by atoms with van der Waals surface area (Å²) in [5, 5.41) is 3.44. The Morgan fingerprint density at radius 3 is 2.10 bits per heavy atom. The van der Waals surface area contributed by atoms with Crippen molar-refractivity contribution in [1.29, 1.82) is 0 Å². The molecule has 164 valence electrons. The van der Waals surface area contributed by atoms with Crippen LogP contribution in [0.15, 0.2) is 78.9 Å². The average molecular weight is 420 g/mol. The Morgan fingerprint density at radius 2 is 1.39 bits per heavy atom. The molecule has 0 saturated carbocycles. The molecule has 4 heteroatoms. The Labute approximate surface area is 186 Å². The molecule has 3 rings (SSSR count). The normalized spacial score (nSPS) is 12.1. The number of hydrogen-bond donors (Lipinski definition) is 1. The van der Waals surface area contributed by atoms with Crippen LogP contribution in [0.2, 0.25) is 0 Å². The maximum absolute atomic E-state index is 6.07. The zero-order chi connectivity index (χ0) is 22.1. The number of ether oxygens (including phenoxy) is 3. The molecule has 0 bridgehead atoms. The van der Waals surface area contributed by atoms with Crippen molar-refractivity contribution in [2.24, 2.45) is 0 Å². The van der Waals surface area contributed by atoms with Crippen molar-refractivity contribution in [2.75, 3.05) is 25.1 Å². The summed E-state index contributed by atoms with van der Waals surface area (Å²) in [6, 6.07) is 26.0.